The number of aromatic amines is 1. The monoisotopic (exact) mass is 424 g/mol. The van der Waals surface area contributed by atoms with Crippen molar-refractivity contribution in [2.45, 2.75) is 12.5 Å². The van der Waals surface area contributed by atoms with Gasteiger partial charge in [-0.3, -0.25) is 9.69 Å². The predicted molar refractivity (Wildman–Crippen MR) is 117 cm³/mol. The summed E-state index contributed by atoms with van der Waals surface area (Å²) in [6.45, 7) is 1.67. The van der Waals surface area contributed by atoms with Gasteiger partial charge in [-0.2, -0.15) is 0 Å². The fourth-order valence-corrected chi connectivity index (χ4v) is 3.93. The van der Waals surface area contributed by atoms with Crippen molar-refractivity contribution in [3.8, 4) is 11.1 Å². The van der Waals surface area contributed by atoms with Crippen LogP contribution in [-0.2, 0) is 0 Å². The molecule has 7 nitrogen and oxygen atoms in total. The molecule has 0 bridgehead atoms. The minimum Gasteiger partial charge on any atom is -0.394 e. The SMILES string of the molecule is CNC(=O)c1ccc(-c2ccnc3[nH]c(C4=CCN(CC(O)CO)CC4)cc23)cc1F. The van der Waals surface area contributed by atoms with E-state index in [0.29, 0.717) is 24.3 Å². The van der Waals surface area contributed by atoms with Crippen LogP contribution in [0, 0.1) is 5.82 Å². The van der Waals surface area contributed by atoms with E-state index in [1.54, 1.807) is 12.3 Å². The number of carbonyl (C=O) groups excluding carboxylic acids is 1. The molecular formula is C23H25FN4O3. The highest BCUT2D eigenvalue weighted by Gasteiger charge is 2.18. The number of benzene rings is 1. The number of aliphatic hydroxyl groups is 2. The van der Waals surface area contributed by atoms with Gasteiger partial charge in [0, 0.05) is 44.0 Å². The zero-order valence-electron chi connectivity index (χ0n) is 17.2. The van der Waals surface area contributed by atoms with E-state index in [-0.39, 0.29) is 12.2 Å². The van der Waals surface area contributed by atoms with Crippen molar-refractivity contribution in [2.75, 3.05) is 33.3 Å². The first kappa shape index (κ1) is 21.2. The molecule has 1 atom stereocenters. The number of aliphatic hydroxyl groups excluding tert-OH is 2. The number of aromatic nitrogens is 2. The number of rotatable bonds is 6. The van der Waals surface area contributed by atoms with Crippen molar-refractivity contribution in [1.29, 1.82) is 0 Å². The van der Waals surface area contributed by atoms with Gasteiger partial charge in [-0.05, 0) is 47.4 Å². The second kappa shape index (κ2) is 8.97. The number of carbonyl (C=O) groups is 1. The molecule has 3 heterocycles. The molecule has 4 rings (SSSR count). The van der Waals surface area contributed by atoms with Crippen LogP contribution >= 0.6 is 0 Å². The van der Waals surface area contributed by atoms with Crippen molar-refractivity contribution in [2.24, 2.45) is 0 Å². The van der Waals surface area contributed by atoms with Crippen LogP contribution in [0.1, 0.15) is 22.5 Å². The first-order chi connectivity index (χ1) is 15.0. The summed E-state index contributed by atoms with van der Waals surface area (Å²) in [5.74, 6) is -1.03. The summed E-state index contributed by atoms with van der Waals surface area (Å²) in [7, 11) is 1.47. The Kier molecular flexibility index (Phi) is 6.13. The van der Waals surface area contributed by atoms with Crippen LogP contribution in [0.25, 0.3) is 27.7 Å². The van der Waals surface area contributed by atoms with Gasteiger partial charge < -0.3 is 20.5 Å². The first-order valence-electron chi connectivity index (χ1n) is 10.2. The van der Waals surface area contributed by atoms with Crippen molar-refractivity contribution in [3.05, 3.63) is 59.7 Å². The summed E-state index contributed by atoms with van der Waals surface area (Å²) < 4.78 is 14.5. The number of hydrogen-bond donors (Lipinski definition) is 4. The fraction of sp³-hybridized carbons (Fsp3) is 0.304. The molecule has 1 aliphatic rings. The highest BCUT2D eigenvalue weighted by Crippen LogP contribution is 2.32. The zero-order chi connectivity index (χ0) is 22.0. The van der Waals surface area contributed by atoms with Crippen LogP contribution in [0.3, 0.4) is 0 Å². The molecule has 0 fully saturated rings. The third kappa shape index (κ3) is 4.36. The van der Waals surface area contributed by atoms with Gasteiger partial charge >= 0.3 is 0 Å². The second-order valence-electron chi connectivity index (χ2n) is 7.65. The Bertz CT molecular complexity index is 1140. The molecule has 1 aliphatic heterocycles. The van der Waals surface area contributed by atoms with Gasteiger partial charge in [0.15, 0.2) is 0 Å². The highest BCUT2D eigenvalue weighted by molar-refractivity contribution is 5.97. The molecule has 2 aromatic heterocycles. The molecule has 1 aromatic carbocycles. The molecule has 31 heavy (non-hydrogen) atoms. The van der Waals surface area contributed by atoms with Gasteiger partial charge in [0.05, 0.1) is 18.3 Å². The summed E-state index contributed by atoms with van der Waals surface area (Å²) in [4.78, 5) is 21.6. The summed E-state index contributed by atoms with van der Waals surface area (Å²) >= 11 is 0. The summed E-state index contributed by atoms with van der Waals surface area (Å²) in [5, 5.41) is 22.0. The Morgan fingerprint density at radius 1 is 1.35 bits per heavy atom. The normalized spacial score (nSPS) is 15.7. The number of H-pyrrole nitrogens is 1. The van der Waals surface area contributed by atoms with E-state index < -0.39 is 17.8 Å². The average Bonchev–Trinajstić information content (AvgIpc) is 3.23. The molecule has 0 radical (unpaired) electrons. The van der Waals surface area contributed by atoms with Gasteiger partial charge in [0.2, 0.25) is 0 Å². The summed E-state index contributed by atoms with van der Waals surface area (Å²) in [6.07, 6.45) is 3.85. The summed E-state index contributed by atoms with van der Waals surface area (Å²) in [5.41, 5.74) is 4.33. The number of amides is 1. The molecule has 3 aromatic rings. The minimum absolute atomic E-state index is 0.00883. The van der Waals surface area contributed by atoms with Gasteiger partial charge in [-0.15, -0.1) is 0 Å². The van der Waals surface area contributed by atoms with Crippen LogP contribution in [0.2, 0.25) is 0 Å². The number of hydrogen-bond acceptors (Lipinski definition) is 5. The molecule has 8 heteroatoms. The highest BCUT2D eigenvalue weighted by atomic mass is 19.1. The quantitative estimate of drug-likeness (QED) is 0.486. The number of halogens is 1. The standard InChI is InChI=1S/C23H25FN4O3/c1-25-23(31)18-3-2-15(10-20(18)24)17-4-7-26-22-19(17)11-21(27-22)14-5-8-28(9-6-14)12-16(30)13-29/h2-5,7,10-11,16,29-30H,6,8-9,12-13H2,1H3,(H,25,31)(H,26,27). The van der Waals surface area contributed by atoms with Gasteiger partial charge in [0.25, 0.3) is 5.91 Å². The lowest BCUT2D eigenvalue weighted by molar-refractivity contribution is 0.0623. The van der Waals surface area contributed by atoms with E-state index >= 15 is 0 Å². The van der Waals surface area contributed by atoms with E-state index in [0.717, 1.165) is 35.2 Å². The lowest BCUT2D eigenvalue weighted by Crippen LogP contribution is -2.37. The van der Waals surface area contributed by atoms with Gasteiger partial charge in [0.1, 0.15) is 11.5 Å². The van der Waals surface area contributed by atoms with Crippen LogP contribution in [-0.4, -0.2) is 70.4 Å². The smallest absolute Gasteiger partial charge is 0.253 e. The molecule has 1 unspecified atom stereocenters. The maximum absolute atomic E-state index is 14.5. The number of fused-ring (bicyclic) bond motifs is 1. The van der Waals surface area contributed by atoms with Crippen LogP contribution < -0.4 is 5.32 Å². The minimum atomic E-state index is -0.732. The maximum atomic E-state index is 14.5. The van der Waals surface area contributed by atoms with Gasteiger partial charge in [-0.1, -0.05) is 12.1 Å². The van der Waals surface area contributed by atoms with E-state index in [1.165, 1.54) is 19.2 Å². The third-order valence-electron chi connectivity index (χ3n) is 5.60. The van der Waals surface area contributed by atoms with Crippen LogP contribution in [0.4, 0.5) is 4.39 Å². The number of nitrogens with zero attached hydrogens (tertiary/aromatic N) is 2. The molecule has 162 valence electrons. The number of β-amino-alcohol motifs (C(OH)–C–C–N with tert-alkyl or cyclic N) is 1. The van der Waals surface area contributed by atoms with Crippen molar-refractivity contribution in [1.82, 2.24) is 20.2 Å². The lowest BCUT2D eigenvalue weighted by Gasteiger charge is -2.27. The van der Waals surface area contributed by atoms with Crippen molar-refractivity contribution in [3.63, 3.8) is 0 Å². The predicted octanol–water partition coefficient (Wildman–Crippen LogP) is 2.17. The molecular weight excluding hydrogens is 399 g/mol. The number of nitrogens with one attached hydrogen (secondary N) is 2. The average molecular weight is 424 g/mol. The Morgan fingerprint density at radius 2 is 2.19 bits per heavy atom. The van der Waals surface area contributed by atoms with E-state index in [1.807, 2.05) is 12.1 Å². The van der Waals surface area contributed by atoms with E-state index in [2.05, 4.69) is 26.3 Å². The Labute approximate surface area is 179 Å². The molecule has 0 spiro atoms. The molecule has 0 aliphatic carbocycles. The van der Waals surface area contributed by atoms with E-state index in [9.17, 15) is 14.3 Å². The first-order valence-corrected chi connectivity index (χ1v) is 10.2. The van der Waals surface area contributed by atoms with Gasteiger partial charge in [-0.25, -0.2) is 9.37 Å². The Balaban J connectivity index is 1.63. The maximum Gasteiger partial charge on any atom is 0.253 e. The van der Waals surface area contributed by atoms with Crippen LogP contribution in [0.5, 0.6) is 0 Å². The summed E-state index contributed by atoms with van der Waals surface area (Å²) in [6, 6.07) is 8.45. The Hall–Kier alpha value is -3.07. The Morgan fingerprint density at radius 3 is 2.87 bits per heavy atom. The molecule has 0 saturated heterocycles. The topological polar surface area (TPSA) is 101 Å². The third-order valence-corrected chi connectivity index (χ3v) is 5.60. The molecule has 1 amide bonds. The number of pyridine rings is 1. The van der Waals surface area contributed by atoms with Crippen molar-refractivity contribution >= 4 is 22.5 Å². The van der Waals surface area contributed by atoms with E-state index in [4.69, 9.17) is 5.11 Å². The van der Waals surface area contributed by atoms with Crippen LogP contribution in [0.15, 0.2) is 42.6 Å². The van der Waals surface area contributed by atoms with Crippen molar-refractivity contribution < 1.29 is 19.4 Å². The lowest BCUT2D eigenvalue weighted by atomic mass is 10.00. The second-order valence-corrected chi connectivity index (χ2v) is 7.65. The zero-order valence-corrected chi connectivity index (χ0v) is 17.2. The fourth-order valence-electron chi connectivity index (χ4n) is 3.93. The molecule has 4 N–H and O–H groups in total. The largest absolute Gasteiger partial charge is 0.394 e. The molecule has 0 saturated carbocycles.